The van der Waals surface area contributed by atoms with Gasteiger partial charge in [0.2, 0.25) is 5.89 Å². The van der Waals surface area contributed by atoms with Gasteiger partial charge in [0.25, 0.3) is 0 Å². The zero-order valence-electron chi connectivity index (χ0n) is 15.8. The van der Waals surface area contributed by atoms with E-state index in [-0.39, 0.29) is 12.6 Å². The standard InChI is InChI=1S/C19H24N6O2/c1-13(2)9-17-22-16(24-27-17)12-25(3)19(26)20-10-15-11-21-23-18(15)14-7-5-4-6-8-14/h4-8,11,13H,9-10,12H2,1-3H3,(H,20,26)(H,21,23). The van der Waals surface area contributed by atoms with Crippen molar-refractivity contribution in [3.8, 4) is 11.3 Å². The minimum absolute atomic E-state index is 0.217. The normalized spacial score (nSPS) is 11.0. The average Bonchev–Trinajstić information content (AvgIpc) is 3.29. The summed E-state index contributed by atoms with van der Waals surface area (Å²) in [5.74, 6) is 1.53. The number of H-pyrrole nitrogens is 1. The minimum Gasteiger partial charge on any atom is -0.339 e. The number of nitrogens with zero attached hydrogens (tertiary/aromatic N) is 4. The molecular formula is C19H24N6O2. The predicted molar refractivity (Wildman–Crippen MR) is 101 cm³/mol. The van der Waals surface area contributed by atoms with Gasteiger partial charge < -0.3 is 14.7 Å². The first-order chi connectivity index (χ1) is 13.0. The van der Waals surface area contributed by atoms with Crippen molar-refractivity contribution in [2.75, 3.05) is 7.05 Å². The van der Waals surface area contributed by atoms with Gasteiger partial charge >= 0.3 is 6.03 Å². The smallest absolute Gasteiger partial charge is 0.317 e. The number of benzene rings is 1. The molecule has 0 bridgehead atoms. The Labute approximate surface area is 158 Å². The van der Waals surface area contributed by atoms with Crippen LogP contribution in [0.2, 0.25) is 0 Å². The van der Waals surface area contributed by atoms with Crippen LogP contribution in [-0.4, -0.2) is 38.3 Å². The molecule has 142 valence electrons. The van der Waals surface area contributed by atoms with Crippen molar-refractivity contribution in [2.45, 2.75) is 33.4 Å². The number of aromatic nitrogens is 4. The van der Waals surface area contributed by atoms with Crippen LogP contribution < -0.4 is 5.32 Å². The Bertz CT molecular complexity index is 871. The maximum atomic E-state index is 12.4. The van der Waals surface area contributed by atoms with Gasteiger partial charge in [-0.05, 0) is 11.5 Å². The van der Waals surface area contributed by atoms with E-state index < -0.39 is 0 Å². The molecule has 0 aliphatic heterocycles. The molecule has 0 aliphatic rings. The van der Waals surface area contributed by atoms with Gasteiger partial charge in [0, 0.05) is 25.6 Å². The number of rotatable bonds is 7. The van der Waals surface area contributed by atoms with Crippen molar-refractivity contribution < 1.29 is 9.32 Å². The number of amides is 2. The van der Waals surface area contributed by atoms with E-state index in [0.29, 0.717) is 24.2 Å². The summed E-state index contributed by atoms with van der Waals surface area (Å²) >= 11 is 0. The van der Waals surface area contributed by atoms with Crippen molar-refractivity contribution in [3.63, 3.8) is 0 Å². The summed E-state index contributed by atoms with van der Waals surface area (Å²) in [5.41, 5.74) is 2.84. The van der Waals surface area contributed by atoms with Gasteiger partial charge in [0.1, 0.15) is 0 Å². The highest BCUT2D eigenvalue weighted by molar-refractivity contribution is 5.74. The molecule has 0 radical (unpaired) electrons. The lowest BCUT2D eigenvalue weighted by molar-refractivity contribution is 0.204. The van der Waals surface area contributed by atoms with Gasteiger partial charge in [0.05, 0.1) is 18.4 Å². The molecular weight excluding hydrogens is 344 g/mol. The van der Waals surface area contributed by atoms with Crippen LogP contribution >= 0.6 is 0 Å². The zero-order valence-corrected chi connectivity index (χ0v) is 15.8. The molecule has 0 fully saturated rings. The Kier molecular flexibility index (Phi) is 5.85. The number of hydrogen-bond acceptors (Lipinski definition) is 5. The van der Waals surface area contributed by atoms with Crippen molar-refractivity contribution in [3.05, 3.63) is 53.8 Å². The molecule has 3 aromatic rings. The van der Waals surface area contributed by atoms with Crippen LogP contribution in [0.4, 0.5) is 4.79 Å². The third kappa shape index (κ3) is 4.93. The Hall–Kier alpha value is -3.16. The predicted octanol–water partition coefficient (Wildman–Crippen LogP) is 3.00. The molecule has 2 N–H and O–H groups in total. The number of nitrogens with one attached hydrogen (secondary N) is 2. The van der Waals surface area contributed by atoms with Gasteiger partial charge in [-0.3, -0.25) is 5.10 Å². The van der Waals surface area contributed by atoms with Crippen molar-refractivity contribution in [1.29, 1.82) is 0 Å². The van der Waals surface area contributed by atoms with E-state index in [9.17, 15) is 4.79 Å². The summed E-state index contributed by atoms with van der Waals surface area (Å²) in [6.07, 6.45) is 2.45. The summed E-state index contributed by atoms with van der Waals surface area (Å²) in [5, 5.41) is 13.9. The first-order valence-electron chi connectivity index (χ1n) is 8.91. The van der Waals surface area contributed by atoms with E-state index in [1.807, 2.05) is 30.3 Å². The second-order valence-electron chi connectivity index (χ2n) is 6.85. The molecule has 8 heteroatoms. The molecule has 8 nitrogen and oxygen atoms in total. The molecule has 0 saturated carbocycles. The summed E-state index contributed by atoms with van der Waals surface area (Å²) in [6, 6.07) is 9.66. The third-order valence-corrected chi connectivity index (χ3v) is 4.03. The Morgan fingerprint density at radius 2 is 2.07 bits per heavy atom. The molecule has 3 rings (SSSR count). The molecule has 0 saturated heterocycles. The molecule has 0 aliphatic carbocycles. The first kappa shape index (κ1) is 18.6. The van der Waals surface area contributed by atoms with Gasteiger partial charge in [0.15, 0.2) is 5.82 Å². The van der Waals surface area contributed by atoms with E-state index in [4.69, 9.17) is 4.52 Å². The first-order valence-corrected chi connectivity index (χ1v) is 8.91. The van der Waals surface area contributed by atoms with Gasteiger partial charge in [-0.2, -0.15) is 10.1 Å². The fourth-order valence-corrected chi connectivity index (χ4v) is 2.68. The monoisotopic (exact) mass is 368 g/mol. The molecule has 0 unspecified atom stereocenters. The maximum Gasteiger partial charge on any atom is 0.317 e. The largest absolute Gasteiger partial charge is 0.339 e. The number of carbonyl (C=O) groups is 1. The highest BCUT2D eigenvalue weighted by Gasteiger charge is 2.15. The van der Waals surface area contributed by atoms with E-state index >= 15 is 0 Å². The molecule has 2 aromatic heterocycles. The second-order valence-corrected chi connectivity index (χ2v) is 6.85. The van der Waals surface area contributed by atoms with Crippen LogP contribution in [0, 0.1) is 5.92 Å². The van der Waals surface area contributed by atoms with Crippen LogP contribution in [0.5, 0.6) is 0 Å². The lowest BCUT2D eigenvalue weighted by Crippen LogP contribution is -2.36. The van der Waals surface area contributed by atoms with Crippen LogP contribution in [0.15, 0.2) is 41.1 Å². The SMILES string of the molecule is CC(C)Cc1nc(CN(C)C(=O)NCc2cn[nH]c2-c2ccccc2)no1. The van der Waals surface area contributed by atoms with Crippen LogP contribution in [0.1, 0.15) is 31.1 Å². The highest BCUT2D eigenvalue weighted by Crippen LogP contribution is 2.20. The Morgan fingerprint density at radius 1 is 1.30 bits per heavy atom. The minimum atomic E-state index is -0.217. The third-order valence-electron chi connectivity index (χ3n) is 4.03. The fourth-order valence-electron chi connectivity index (χ4n) is 2.68. The summed E-state index contributed by atoms with van der Waals surface area (Å²) in [6.45, 7) is 4.82. The van der Waals surface area contributed by atoms with Crippen LogP contribution in [0.3, 0.4) is 0 Å². The molecule has 27 heavy (non-hydrogen) atoms. The van der Waals surface area contributed by atoms with Crippen molar-refractivity contribution in [2.24, 2.45) is 5.92 Å². The fraction of sp³-hybridized carbons (Fsp3) is 0.368. The van der Waals surface area contributed by atoms with E-state index in [1.165, 1.54) is 4.90 Å². The van der Waals surface area contributed by atoms with Crippen LogP contribution in [-0.2, 0) is 19.5 Å². The summed E-state index contributed by atoms with van der Waals surface area (Å²) < 4.78 is 5.21. The van der Waals surface area contributed by atoms with Gasteiger partial charge in [-0.1, -0.05) is 49.3 Å². The second kappa shape index (κ2) is 8.48. The molecule has 0 spiro atoms. The summed E-state index contributed by atoms with van der Waals surface area (Å²) in [7, 11) is 1.70. The number of aromatic amines is 1. The lowest BCUT2D eigenvalue weighted by atomic mass is 10.1. The van der Waals surface area contributed by atoms with Crippen LogP contribution in [0.25, 0.3) is 11.3 Å². The molecule has 2 heterocycles. The Morgan fingerprint density at radius 3 is 2.81 bits per heavy atom. The summed E-state index contributed by atoms with van der Waals surface area (Å²) in [4.78, 5) is 18.2. The zero-order chi connectivity index (χ0) is 19.2. The lowest BCUT2D eigenvalue weighted by Gasteiger charge is -2.16. The Balaban J connectivity index is 1.55. The molecule has 2 amide bonds. The van der Waals surface area contributed by atoms with Gasteiger partial charge in [-0.25, -0.2) is 4.79 Å². The average molecular weight is 368 g/mol. The quantitative estimate of drug-likeness (QED) is 0.668. The highest BCUT2D eigenvalue weighted by atomic mass is 16.5. The number of urea groups is 1. The molecule has 1 aromatic carbocycles. The van der Waals surface area contributed by atoms with Gasteiger partial charge in [-0.15, -0.1) is 0 Å². The number of hydrogen-bond donors (Lipinski definition) is 2. The number of carbonyl (C=O) groups excluding carboxylic acids is 1. The van der Waals surface area contributed by atoms with Crippen molar-refractivity contribution >= 4 is 6.03 Å². The molecule has 0 atom stereocenters. The van der Waals surface area contributed by atoms with E-state index in [1.54, 1.807) is 13.2 Å². The topological polar surface area (TPSA) is 99.9 Å². The van der Waals surface area contributed by atoms with E-state index in [2.05, 4.69) is 39.5 Å². The van der Waals surface area contributed by atoms with Crippen molar-refractivity contribution in [1.82, 2.24) is 30.6 Å². The van der Waals surface area contributed by atoms with E-state index in [0.717, 1.165) is 23.2 Å². The maximum absolute atomic E-state index is 12.4.